The first-order valence-electron chi connectivity index (χ1n) is 3.20. The van der Waals surface area contributed by atoms with Crippen LogP contribution in [0.1, 0.15) is 0 Å². The molecule has 0 aliphatic carbocycles. The molecule has 7 heteroatoms. The van der Waals surface area contributed by atoms with Crippen molar-refractivity contribution in [1.29, 1.82) is 0 Å². The molecular formula is C7H2Cl6S. The summed E-state index contributed by atoms with van der Waals surface area (Å²) in [7, 11) is 0. The molecule has 0 fully saturated rings. The number of rotatable bonds is 2. The van der Waals surface area contributed by atoms with Crippen molar-refractivity contribution in [3.05, 3.63) is 25.1 Å². The lowest BCUT2D eigenvalue weighted by atomic mass is 10.3. The number of halogens is 6. The van der Waals surface area contributed by atoms with Gasteiger partial charge in [-0.2, -0.15) is 0 Å². The van der Waals surface area contributed by atoms with Gasteiger partial charge in [0.2, 0.25) is 0 Å². The molecule has 0 nitrogen and oxygen atoms in total. The van der Waals surface area contributed by atoms with Crippen molar-refractivity contribution in [1.82, 2.24) is 0 Å². The Morgan fingerprint density at radius 2 is 1.07 bits per heavy atom. The molecule has 14 heavy (non-hydrogen) atoms. The van der Waals surface area contributed by atoms with Gasteiger partial charge in [0, 0.05) is 4.90 Å². The molecule has 1 rings (SSSR count). The Labute approximate surface area is 116 Å². The number of hydrogen-bond acceptors (Lipinski definition) is 1. The zero-order chi connectivity index (χ0) is 10.9. The third-order valence-corrected chi connectivity index (χ3v) is 5.00. The highest BCUT2D eigenvalue weighted by atomic mass is 35.5. The highest BCUT2D eigenvalue weighted by molar-refractivity contribution is 8.00. The summed E-state index contributed by atoms with van der Waals surface area (Å²) in [6.45, 7) is 0. The van der Waals surface area contributed by atoms with E-state index in [2.05, 4.69) is 0 Å². The third-order valence-electron chi connectivity index (χ3n) is 1.37. The zero-order valence-corrected chi connectivity index (χ0v) is 11.7. The van der Waals surface area contributed by atoms with Crippen LogP contribution in [-0.2, 0) is 0 Å². The average Bonchev–Trinajstić information content (AvgIpc) is 2.19. The fraction of sp³-hybridized carbons (Fsp3) is 0.143. The van der Waals surface area contributed by atoms with Crippen molar-refractivity contribution < 1.29 is 0 Å². The van der Waals surface area contributed by atoms with Gasteiger partial charge in [-0.25, -0.2) is 0 Å². The first-order chi connectivity index (χ1) is 6.50. The van der Waals surface area contributed by atoms with Gasteiger partial charge >= 0.3 is 0 Å². The van der Waals surface area contributed by atoms with Gasteiger partial charge in [-0.15, -0.1) is 23.4 Å². The summed E-state index contributed by atoms with van der Waals surface area (Å²) < 4.78 is 0. The number of alkyl halides is 1. The van der Waals surface area contributed by atoms with E-state index in [1.54, 1.807) is 0 Å². The molecule has 0 radical (unpaired) electrons. The van der Waals surface area contributed by atoms with E-state index in [0.29, 0.717) is 10.1 Å². The van der Waals surface area contributed by atoms with Crippen LogP contribution in [0.2, 0.25) is 25.1 Å². The van der Waals surface area contributed by atoms with Crippen LogP contribution in [0.5, 0.6) is 0 Å². The highest BCUT2D eigenvalue weighted by Gasteiger charge is 2.18. The molecular weight excluding hydrogens is 329 g/mol. The van der Waals surface area contributed by atoms with E-state index >= 15 is 0 Å². The molecule has 1 aromatic rings. The molecule has 0 heterocycles. The van der Waals surface area contributed by atoms with E-state index in [1.807, 2.05) is 0 Å². The number of thioether (sulfide) groups is 1. The Morgan fingerprint density at radius 3 is 1.43 bits per heavy atom. The molecule has 0 aliphatic rings. The standard InChI is InChI=1S/C7H2Cl6S/c8-1-14-7-5(12)3(10)2(9)4(11)6(7)13/h1H2. The molecule has 1 aromatic carbocycles. The summed E-state index contributed by atoms with van der Waals surface area (Å²) in [4.78, 5) is 0.544. The molecule has 0 bridgehead atoms. The second kappa shape index (κ2) is 5.58. The summed E-state index contributed by atoms with van der Waals surface area (Å²) in [5.41, 5.74) is 0. The van der Waals surface area contributed by atoms with Crippen LogP contribution in [0.25, 0.3) is 0 Å². The quantitative estimate of drug-likeness (QED) is 0.267. The van der Waals surface area contributed by atoms with E-state index in [4.69, 9.17) is 69.6 Å². The summed E-state index contributed by atoms with van der Waals surface area (Å²) in [5.74, 6) is 0. The Morgan fingerprint density at radius 1 is 0.714 bits per heavy atom. The Bertz CT molecular complexity index is 335. The van der Waals surface area contributed by atoms with Crippen LogP contribution >= 0.6 is 81.4 Å². The maximum Gasteiger partial charge on any atom is 0.0809 e. The van der Waals surface area contributed by atoms with Crippen LogP contribution in [0.3, 0.4) is 0 Å². The van der Waals surface area contributed by atoms with E-state index < -0.39 is 0 Å². The average molecular weight is 331 g/mol. The number of benzene rings is 1. The van der Waals surface area contributed by atoms with Gasteiger partial charge < -0.3 is 0 Å². The third kappa shape index (κ3) is 2.52. The van der Waals surface area contributed by atoms with Crippen LogP contribution in [-0.4, -0.2) is 5.21 Å². The van der Waals surface area contributed by atoms with Gasteiger partial charge in [0.15, 0.2) is 0 Å². The lowest BCUT2D eigenvalue weighted by molar-refractivity contribution is 1.46. The minimum absolute atomic E-state index is 0.155. The van der Waals surface area contributed by atoms with E-state index in [9.17, 15) is 0 Å². The van der Waals surface area contributed by atoms with E-state index in [0.717, 1.165) is 0 Å². The fourth-order valence-electron chi connectivity index (χ4n) is 0.766. The van der Waals surface area contributed by atoms with Crippen LogP contribution in [0.15, 0.2) is 4.90 Å². The normalized spacial score (nSPS) is 10.7. The number of hydrogen-bond donors (Lipinski definition) is 0. The molecule has 0 saturated carbocycles. The molecule has 0 saturated heterocycles. The second-order valence-corrected chi connectivity index (χ2v) is 5.61. The van der Waals surface area contributed by atoms with Crippen molar-refractivity contribution in [3.8, 4) is 0 Å². The zero-order valence-electron chi connectivity index (χ0n) is 6.38. The molecule has 0 N–H and O–H groups in total. The Hall–Kier alpha value is 1.31. The second-order valence-electron chi connectivity index (χ2n) is 2.15. The summed E-state index contributed by atoms with van der Waals surface area (Å²) >= 11 is 36.1. The van der Waals surface area contributed by atoms with Gasteiger partial charge in [-0.3, -0.25) is 0 Å². The minimum Gasteiger partial charge on any atom is -0.114 e. The van der Waals surface area contributed by atoms with E-state index in [-0.39, 0.29) is 25.1 Å². The minimum atomic E-state index is 0.155. The maximum atomic E-state index is 5.92. The monoisotopic (exact) mass is 328 g/mol. The van der Waals surface area contributed by atoms with Crippen LogP contribution in [0.4, 0.5) is 0 Å². The fourth-order valence-corrected chi connectivity index (χ4v) is 3.24. The van der Waals surface area contributed by atoms with Gasteiger partial charge in [0.1, 0.15) is 0 Å². The van der Waals surface area contributed by atoms with Gasteiger partial charge in [0.25, 0.3) is 0 Å². The molecule has 0 atom stereocenters. The molecule has 0 amide bonds. The van der Waals surface area contributed by atoms with Crippen LogP contribution in [0, 0.1) is 0 Å². The smallest absolute Gasteiger partial charge is 0.0809 e. The maximum absolute atomic E-state index is 5.92. The molecule has 0 spiro atoms. The Balaban J connectivity index is 3.43. The van der Waals surface area contributed by atoms with Gasteiger partial charge in [-0.1, -0.05) is 58.0 Å². The molecule has 0 aromatic heterocycles. The van der Waals surface area contributed by atoms with Crippen molar-refractivity contribution in [2.24, 2.45) is 0 Å². The predicted octanol–water partition coefficient (Wildman–Crippen LogP) is 6.24. The molecule has 0 unspecified atom stereocenters. The van der Waals surface area contributed by atoms with Crippen molar-refractivity contribution in [3.63, 3.8) is 0 Å². The predicted molar refractivity (Wildman–Crippen MR) is 68.1 cm³/mol. The topological polar surface area (TPSA) is 0 Å². The lowest BCUT2D eigenvalue weighted by Crippen LogP contribution is -1.83. The Kier molecular flexibility index (Phi) is 5.33. The van der Waals surface area contributed by atoms with E-state index in [1.165, 1.54) is 11.8 Å². The van der Waals surface area contributed by atoms with Crippen LogP contribution < -0.4 is 0 Å². The van der Waals surface area contributed by atoms with Crippen molar-refractivity contribution in [2.45, 2.75) is 4.90 Å². The van der Waals surface area contributed by atoms with Gasteiger partial charge in [-0.05, 0) is 0 Å². The molecule has 0 aliphatic heterocycles. The first-order valence-corrected chi connectivity index (χ1v) is 6.61. The van der Waals surface area contributed by atoms with Gasteiger partial charge in [0.05, 0.1) is 30.3 Å². The SMILES string of the molecule is ClCSc1c(Cl)c(Cl)c(Cl)c(Cl)c1Cl. The van der Waals surface area contributed by atoms with Crippen molar-refractivity contribution >= 4 is 81.4 Å². The summed E-state index contributed by atoms with van der Waals surface area (Å²) in [5, 5.41) is 1.38. The summed E-state index contributed by atoms with van der Waals surface area (Å²) in [6.07, 6.45) is 0. The van der Waals surface area contributed by atoms with Crippen molar-refractivity contribution in [2.75, 3.05) is 5.21 Å². The summed E-state index contributed by atoms with van der Waals surface area (Å²) in [6, 6.07) is 0. The lowest BCUT2D eigenvalue weighted by Gasteiger charge is -2.10. The first kappa shape index (κ1) is 13.4. The largest absolute Gasteiger partial charge is 0.114 e. The molecule has 78 valence electrons. The highest BCUT2D eigenvalue weighted by Crippen LogP contribution is 2.47.